The second kappa shape index (κ2) is 5.64. The van der Waals surface area contributed by atoms with Crippen molar-refractivity contribution in [2.24, 2.45) is 0 Å². The molecule has 1 rings (SSSR count). The van der Waals surface area contributed by atoms with Crippen molar-refractivity contribution < 1.29 is 26.7 Å². The third-order valence-electron chi connectivity index (χ3n) is 2.57. The van der Waals surface area contributed by atoms with Crippen molar-refractivity contribution in [1.82, 2.24) is 4.90 Å². The summed E-state index contributed by atoms with van der Waals surface area (Å²) >= 11 is 0. The number of nitrogen functional groups attached to an aromatic ring is 1. The quantitative estimate of drug-likeness (QED) is 0.688. The van der Waals surface area contributed by atoms with Gasteiger partial charge in [0, 0.05) is 6.04 Å². The zero-order valence-electron chi connectivity index (χ0n) is 10.8. The van der Waals surface area contributed by atoms with Crippen molar-refractivity contribution >= 4 is 11.6 Å². The number of carbonyl (C=O) groups is 1. The molecule has 0 radical (unpaired) electrons. The van der Waals surface area contributed by atoms with Crippen LogP contribution in [0.1, 0.15) is 24.2 Å². The van der Waals surface area contributed by atoms with E-state index in [4.69, 9.17) is 5.73 Å². The van der Waals surface area contributed by atoms with Crippen LogP contribution in [0.3, 0.4) is 0 Å². The molecule has 0 atom stereocenters. The van der Waals surface area contributed by atoms with Crippen LogP contribution in [-0.4, -0.2) is 29.6 Å². The monoisotopic (exact) mass is 296 g/mol. The minimum atomic E-state index is -4.67. The van der Waals surface area contributed by atoms with Gasteiger partial charge < -0.3 is 10.6 Å². The summed E-state index contributed by atoms with van der Waals surface area (Å²) in [4.78, 5) is 12.3. The SMILES string of the molecule is CC(C)N(CC(F)(F)F)C(=O)c1c(F)ccc(N)c1F. The number of halogens is 5. The van der Waals surface area contributed by atoms with Gasteiger partial charge in [0.15, 0.2) is 5.82 Å². The molecule has 0 aliphatic carbocycles. The number of benzene rings is 1. The van der Waals surface area contributed by atoms with Crippen molar-refractivity contribution in [3.05, 3.63) is 29.3 Å². The van der Waals surface area contributed by atoms with Crippen LogP contribution in [0, 0.1) is 11.6 Å². The fraction of sp³-hybridized carbons (Fsp3) is 0.417. The van der Waals surface area contributed by atoms with Gasteiger partial charge in [-0.1, -0.05) is 0 Å². The highest BCUT2D eigenvalue weighted by Gasteiger charge is 2.36. The van der Waals surface area contributed by atoms with Crippen LogP contribution in [0.2, 0.25) is 0 Å². The van der Waals surface area contributed by atoms with E-state index in [-0.39, 0.29) is 0 Å². The Balaban J connectivity index is 3.24. The zero-order valence-corrected chi connectivity index (χ0v) is 10.8. The average molecular weight is 296 g/mol. The molecule has 8 heteroatoms. The molecule has 0 heterocycles. The Labute approximate surface area is 112 Å². The fourth-order valence-corrected chi connectivity index (χ4v) is 1.59. The van der Waals surface area contributed by atoms with Crippen LogP contribution >= 0.6 is 0 Å². The first-order valence-electron chi connectivity index (χ1n) is 5.65. The van der Waals surface area contributed by atoms with E-state index in [0.717, 1.165) is 12.1 Å². The number of carbonyl (C=O) groups excluding carboxylic acids is 1. The van der Waals surface area contributed by atoms with Crippen LogP contribution < -0.4 is 5.73 Å². The van der Waals surface area contributed by atoms with Gasteiger partial charge in [-0.25, -0.2) is 8.78 Å². The first-order valence-corrected chi connectivity index (χ1v) is 5.65. The Morgan fingerprint density at radius 3 is 2.30 bits per heavy atom. The number of alkyl halides is 3. The van der Waals surface area contributed by atoms with E-state index >= 15 is 0 Å². The molecule has 0 unspecified atom stereocenters. The molecule has 1 amide bonds. The van der Waals surface area contributed by atoms with Gasteiger partial charge >= 0.3 is 6.18 Å². The molecule has 20 heavy (non-hydrogen) atoms. The molecule has 0 bridgehead atoms. The van der Waals surface area contributed by atoms with Gasteiger partial charge in [0.25, 0.3) is 5.91 Å². The predicted octanol–water partition coefficient (Wildman–Crippen LogP) is 2.96. The molecule has 0 saturated heterocycles. The lowest BCUT2D eigenvalue weighted by atomic mass is 10.1. The first-order chi connectivity index (χ1) is 9.04. The second-order valence-electron chi connectivity index (χ2n) is 4.47. The molecule has 2 N–H and O–H groups in total. The molecule has 1 aromatic carbocycles. The molecule has 0 aliphatic rings. The molecular formula is C12H13F5N2O. The molecule has 1 aromatic rings. The van der Waals surface area contributed by atoms with Crippen molar-refractivity contribution in [1.29, 1.82) is 0 Å². The van der Waals surface area contributed by atoms with Gasteiger partial charge in [0.2, 0.25) is 0 Å². The molecule has 0 aromatic heterocycles. The van der Waals surface area contributed by atoms with Gasteiger partial charge in [0.05, 0.1) is 5.69 Å². The van der Waals surface area contributed by atoms with Crippen molar-refractivity contribution in [2.75, 3.05) is 12.3 Å². The topological polar surface area (TPSA) is 46.3 Å². The summed E-state index contributed by atoms with van der Waals surface area (Å²) in [5.41, 5.74) is 3.61. The third-order valence-corrected chi connectivity index (χ3v) is 2.57. The largest absolute Gasteiger partial charge is 0.406 e. The molecule has 0 aliphatic heterocycles. The highest BCUT2D eigenvalue weighted by molar-refractivity contribution is 5.96. The van der Waals surface area contributed by atoms with Crippen molar-refractivity contribution in [3.63, 3.8) is 0 Å². The van der Waals surface area contributed by atoms with Gasteiger partial charge in [-0.2, -0.15) is 13.2 Å². The Bertz CT molecular complexity index is 513. The second-order valence-corrected chi connectivity index (χ2v) is 4.47. The summed E-state index contributed by atoms with van der Waals surface area (Å²) < 4.78 is 64.4. The third kappa shape index (κ3) is 3.58. The average Bonchev–Trinajstić information content (AvgIpc) is 2.30. The number of hydrogen-bond acceptors (Lipinski definition) is 2. The molecule has 112 valence electrons. The Morgan fingerprint density at radius 2 is 1.85 bits per heavy atom. The van der Waals surface area contributed by atoms with Gasteiger partial charge in [-0.05, 0) is 26.0 Å². The van der Waals surface area contributed by atoms with E-state index < -0.39 is 47.6 Å². The fourth-order valence-electron chi connectivity index (χ4n) is 1.59. The summed E-state index contributed by atoms with van der Waals surface area (Å²) in [6, 6.07) is 0.743. The van der Waals surface area contributed by atoms with E-state index in [1.54, 1.807) is 0 Å². The van der Waals surface area contributed by atoms with Crippen molar-refractivity contribution in [2.45, 2.75) is 26.1 Å². The Kier molecular flexibility index (Phi) is 4.57. The normalized spacial score (nSPS) is 11.8. The number of rotatable bonds is 3. The summed E-state index contributed by atoms with van der Waals surface area (Å²) in [6.45, 7) is 1.02. The zero-order chi connectivity index (χ0) is 15.7. The Morgan fingerprint density at radius 1 is 1.30 bits per heavy atom. The number of anilines is 1. The van der Waals surface area contributed by atoms with E-state index in [9.17, 15) is 26.7 Å². The van der Waals surface area contributed by atoms with Crippen molar-refractivity contribution in [3.8, 4) is 0 Å². The van der Waals surface area contributed by atoms with Crippen LogP contribution in [0.4, 0.5) is 27.6 Å². The van der Waals surface area contributed by atoms with E-state index in [0.29, 0.717) is 4.90 Å². The summed E-state index contributed by atoms with van der Waals surface area (Å²) in [5.74, 6) is -4.00. The highest BCUT2D eigenvalue weighted by Crippen LogP contribution is 2.24. The minimum Gasteiger partial charge on any atom is -0.396 e. The summed E-state index contributed by atoms with van der Waals surface area (Å²) in [7, 11) is 0. The number of nitrogens with zero attached hydrogens (tertiary/aromatic N) is 1. The maximum atomic E-state index is 13.7. The van der Waals surface area contributed by atoms with Gasteiger partial charge in [-0.3, -0.25) is 4.79 Å². The lowest BCUT2D eigenvalue weighted by Gasteiger charge is -2.28. The first kappa shape index (κ1) is 16.2. The minimum absolute atomic E-state index is 0.334. The van der Waals surface area contributed by atoms with E-state index in [1.807, 2.05) is 0 Å². The summed E-state index contributed by atoms with van der Waals surface area (Å²) in [5, 5.41) is 0. The predicted molar refractivity (Wildman–Crippen MR) is 63.0 cm³/mol. The highest BCUT2D eigenvalue weighted by atomic mass is 19.4. The molecule has 0 saturated carbocycles. The standard InChI is InChI=1S/C12H13F5N2O/c1-6(2)19(5-12(15,16)17)11(20)9-7(13)3-4-8(18)10(9)14/h3-4,6H,5,18H2,1-2H3. The summed E-state index contributed by atoms with van der Waals surface area (Å²) in [6.07, 6.45) is -4.67. The maximum absolute atomic E-state index is 13.7. The van der Waals surface area contributed by atoms with Crippen LogP contribution in [-0.2, 0) is 0 Å². The van der Waals surface area contributed by atoms with Crippen LogP contribution in [0.5, 0.6) is 0 Å². The molecule has 0 spiro atoms. The van der Waals surface area contributed by atoms with E-state index in [2.05, 4.69) is 0 Å². The van der Waals surface area contributed by atoms with Crippen LogP contribution in [0.15, 0.2) is 12.1 Å². The smallest absolute Gasteiger partial charge is 0.396 e. The maximum Gasteiger partial charge on any atom is 0.406 e. The molecule has 3 nitrogen and oxygen atoms in total. The lowest BCUT2D eigenvalue weighted by molar-refractivity contribution is -0.143. The van der Waals surface area contributed by atoms with E-state index in [1.165, 1.54) is 13.8 Å². The molecular weight excluding hydrogens is 283 g/mol. The number of amides is 1. The number of nitrogens with two attached hydrogens (primary N) is 1. The number of hydrogen-bond donors (Lipinski definition) is 1. The Hall–Kier alpha value is -1.86. The van der Waals surface area contributed by atoms with Gasteiger partial charge in [0.1, 0.15) is 17.9 Å². The lowest BCUT2D eigenvalue weighted by Crippen LogP contribution is -2.44. The van der Waals surface area contributed by atoms with Crippen LogP contribution in [0.25, 0.3) is 0 Å². The van der Waals surface area contributed by atoms with Gasteiger partial charge in [-0.15, -0.1) is 0 Å². The molecule has 0 fully saturated rings.